The number of amides is 2. The summed E-state index contributed by atoms with van der Waals surface area (Å²) >= 11 is 0. The molecule has 0 aromatic heterocycles. The van der Waals surface area contributed by atoms with Crippen molar-refractivity contribution in [1.82, 2.24) is 10.2 Å². The van der Waals surface area contributed by atoms with Gasteiger partial charge in [-0.1, -0.05) is 12.1 Å². The number of phenols is 1. The van der Waals surface area contributed by atoms with Crippen LogP contribution in [0.4, 0.5) is 9.18 Å². The minimum Gasteiger partial charge on any atom is -0.508 e. The first kappa shape index (κ1) is 19.7. The molecule has 1 saturated heterocycles. The molecule has 1 unspecified atom stereocenters. The summed E-state index contributed by atoms with van der Waals surface area (Å²) in [7, 11) is 0. The Kier molecular flexibility index (Phi) is 6.47. The highest BCUT2D eigenvalue weighted by Gasteiger charge is 2.25. The first-order valence-corrected chi connectivity index (χ1v) is 9.24. The van der Waals surface area contributed by atoms with E-state index in [0.717, 1.165) is 18.4 Å². The number of hydrogen-bond acceptors (Lipinski definition) is 4. The summed E-state index contributed by atoms with van der Waals surface area (Å²) in [5, 5.41) is 12.2. The lowest BCUT2D eigenvalue weighted by molar-refractivity contribution is 0.0776. The largest absolute Gasteiger partial charge is 0.508 e. The zero-order valence-electron chi connectivity index (χ0n) is 15.4. The molecule has 0 aliphatic carbocycles. The standard InChI is InChI=1S/C21H23FN2O4/c22-18-7-3-15(4-8-18)14-28-21(27)24-11-1-2-16(13-24)12-23-20(26)17-5-9-19(25)10-6-17/h3-10,16,25H,1-2,11-14H2,(H,23,26). The van der Waals surface area contributed by atoms with Gasteiger partial charge >= 0.3 is 6.09 Å². The van der Waals surface area contributed by atoms with Crippen LogP contribution in [0.1, 0.15) is 28.8 Å². The van der Waals surface area contributed by atoms with Crippen molar-refractivity contribution in [2.45, 2.75) is 19.4 Å². The summed E-state index contributed by atoms with van der Waals surface area (Å²) in [6, 6.07) is 11.9. The highest BCUT2D eigenvalue weighted by molar-refractivity contribution is 5.94. The fraction of sp³-hybridized carbons (Fsp3) is 0.333. The fourth-order valence-electron chi connectivity index (χ4n) is 3.17. The molecule has 2 amide bonds. The third kappa shape index (κ3) is 5.45. The van der Waals surface area contributed by atoms with E-state index in [-0.39, 0.29) is 30.0 Å². The van der Waals surface area contributed by atoms with Crippen LogP contribution < -0.4 is 5.32 Å². The number of hydrogen-bond donors (Lipinski definition) is 2. The van der Waals surface area contributed by atoms with Gasteiger partial charge in [-0.25, -0.2) is 9.18 Å². The quantitative estimate of drug-likeness (QED) is 0.826. The second kappa shape index (κ2) is 9.21. The summed E-state index contributed by atoms with van der Waals surface area (Å²) in [4.78, 5) is 26.1. The Morgan fingerprint density at radius 1 is 1.14 bits per heavy atom. The number of halogens is 1. The first-order valence-electron chi connectivity index (χ1n) is 9.24. The number of carbonyl (C=O) groups is 2. The SMILES string of the molecule is O=C(NCC1CCCN(C(=O)OCc2ccc(F)cc2)C1)c1ccc(O)cc1. The van der Waals surface area contributed by atoms with E-state index in [9.17, 15) is 19.1 Å². The van der Waals surface area contributed by atoms with Crippen LogP contribution in [0, 0.1) is 11.7 Å². The Morgan fingerprint density at radius 3 is 2.57 bits per heavy atom. The summed E-state index contributed by atoms with van der Waals surface area (Å²) in [6.45, 7) is 1.68. The number of benzene rings is 2. The van der Waals surface area contributed by atoms with Crippen LogP contribution >= 0.6 is 0 Å². The van der Waals surface area contributed by atoms with Crippen molar-refractivity contribution in [3.05, 3.63) is 65.5 Å². The molecule has 1 heterocycles. The first-order chi connectivity index (χ1) is 13.5. The number of carbonyl (C=O) groups excluding carboxylic acids is 2. The number of aromatic hydroxyl groups is 1. The van der Waals surface area contributed by atoms with Gasteiger partial charge < -0.3 is 20.1 Å². The van der Waals surface area contributed by atoms with Crippen molar-refractivity contribution < 1.29 is 23.8 Å². The molecular formula is C21H23FN2O4. The van der Waals surface area contributed by atoms with Crippen LogP contribution in [-0.2, 0) is 11.3 Å². The molecule has 0 saturated carbocycles. The van der Waals surface area contributed by atoms with Crippen molar-refractivity contribution in [3.8, 4) is 5.75 Å². The number of rotatable bonds is 5. The molecule has 1 atom stereocenters. The van der Waals surface area contributed by atoms with Gasteiger partial charge in [0.05, 0.1) is 0 Å². The zero-order chi connectivity index (χ0) is 19.9. The Labute approximate surface area is 162 Å². The van der Waals surface area contributed by atoms with E-state index in [0.29, 0.717) is 25.2 Å². The van der Waals surface area contributed by atoms with Crippen molar-refractivity contribution in [2.24, 2.45) is 5.92 Å². The zero-order valence-corrected chi connectivity index (χ0v) is 15.4. The Balaban J connectivity index is 1.45. The van der Waals surface area contributed by atoms with Crippen molar-refractivity contribution >= 4 is 12.0 Å². The monoisotopic (exact) mass is 386 g/mol. The van der Waals surface area contributed by atoms with Crippen LogP contribution in [0.2, 0.25) is 0 Å². The number of nitrogens with one attached hydrogen (secondary N) is 1. The lowest BCUT2D eigenvalue weighted by Crippen LogP contribution is -2.43. The normalized spacial score (nSPS) is 16.5. The maximum absolute atomic E-state index is 12.9. The van der Waals surface area contributed by atoms with Gasteiger partial charge in [0, 0.05) is 25.2 Å². The van der Waals surface area contributed by atoms with Gasteiger partial charge in [-0.15, -0.1) is 0 Å². The molecule has 148 valence electrons. The van der Waals surface area contributed by atoms with Gasteiger partial charge in [0.15, 0.2) is 0 Å². The fourth-order valence-corrected chi connectivity index (χ4v) is 3.17. The number of nitrogens with zero attached hydrogens (tertiary/aromatic N) is 1. The molecule has 2 aromatic carbocycles. The molecular weight excluding hydrogens is 363 g/mol. The third-order valence-electron chi connectivity index (χ3n) is 4.73. The molecule has 1 aliphatic heterocycles. The lowest BCUT2D eigenvalue weighted by Gasteiger charge is -2.32. The average molecular weight is 386 g/mol. The van der Waals surface area contributed by atoms with Crippen LogP contribution in [0.3, 0.4) is 0 Å². The number of likely N-dealkylation sites (tertiary alicyclic amines) is 1. The number of piperidine rings is 1. The predicted octanol–water partition coefficient (Wildman–Crippen LogP) is 3.31. The van der Waals surface area contributed by atoms with Crippen LogP contribution in [0.5, 0.6) is 5.75 Å². The van der Waals surface area contributed by atoms with Crippen molar-refractivity contribution in [1.29, 1.82) is 0 Å². The van der Waals surface area contributed by atoms with Crippen LogP contribution in [0.15, 0.2) is 48.5 Å². The van der Waals surface area contributed by atoms with Gasteiger partial charge in [-0.3, -0.25) is 4.79 Å². The molecule has 0 spiro atoms. The second-order valence-electron chi connectivity index (χ2n) is 6.89. The molecule has 0 bridgehead atoms. The molecule has 28 heavy (non-hydrogen) atoms. The lowest BCUT2D eigenvalue weighted by atomic mass is 9.98. The van der Waals surface area contributed by atoms with Gasteiger partial charge in [0.2, 0.25) is 0 Å². The molecule has 6 nitrogen and oxygen atoms in total. The second-order valence-corrected chi connectivity index (χ2v) is 6.89. The Morgan fingerprint density at radius 2 is 1.86 bits per heavy atom. The molecule has 3 rings (SSSR count). The van der Waals surface area contributed by atoms with E-state index in [4.69, 9.17) is 4.74 Å². The van der Waals surface area contributed by atoms with E-state index in [1.165, 1.54) is 24.3 Å². The summed E-state index contributed by atoms with van der Waals surface area (Å²) in [6.07, 6.45) is 1.35. The van der Waals surface area contributed by atoms with Crippen molar-refractivity contribution in [2.75, 3.05) is 19.6 Å². The Hall–Kier alpha value is -3.09. The van der Waals surface area contributed by atoms with Gasteiger partial charge in [-0.05, 0) is 60.7 Å². The predicted molar refractivity (Wildman–Crippen MR) is 101 cm³/mol. The summed E-state index contributed by atoms with van der Waals surface area (Å²) < 4.78 is 18.2. The molecule has 1 fully saturated rings. The molecule has 0 radical (unpaired) electrons. The van der Waals surface area contributed by atoms with Gasteiger partial charge in [-0.2, -0.15) is 0 Å². The van der Waals surface area contributed by atoms with E-state index in [2.05, 4.69) is 5.32 Å². The van der Waals surface area contributed by atoms with Gasteiger partial charge in [0.25, 0.3) is 5.91 Å². The maximum atomic E-state index is 12.9. The van der Waals surface area contributed by atoms with Gasteiger partial charge in [0.1, 0.15) is 18.2 Å². The third-order valence-corrected chi connectivity index (χ3v) is 4.73. The average Bonchev–Trinajstić information content (AvgIpc) is 2.72. The summed E-state index contributed by atoms with van der Waals surface area (Å²) in [5.74, 6) is -0.286. The number of phenolic OH excluding ortho intramolecular Hbond substituents is 1. The Bertz CT molecular complexity index is 808. The van der Waals surface area contributed by atoms with E-state index >= 15 is 0 Å². The topological polar surface area (TPSA) is 78.9 Å². The van der Waals surface area contributed by atoms with E-state index < -0.39 is 6.09 Å². The number of ether oxygens (including phenoxy) is 1. The highest BCUT2D eigenvalue weighted by Crippen LogP contribution is 2.18. The van der Waals surface area contributed by atoms with Crippen LogP contribution in [-0.4, -0.2) is 41.6 Å². The van der Waals surface area contributed by atoms with Crippen LogP contribution in [0.25, 0.3) is 0 Å². The summed E-state index contributed by atoms with van der Waals surface area (Å²) in [5.41, 5.74) is 1.20. The van der Waals surface area contributed by atoms with Crippen molar-refractivity contribution in [3.63, 3.8) is 0 Å². The minimum absolute atomic E-state index is 0.0951. The molecule has 2 N–H and O–H groups in total. The molecule has 1 aliphatic rings. The molecule has 7 heteroatoms. The maximum Gasteiger partial charge on any atom is 0.410 e. The highest BCUT2D eigenvalue weighted by atomic mass is 19.1. The smallest absolute Gasteiger partial charge is 0.410 e. The van der Waals surface area contributed by atoms with E-state index in [1.54, 1.807) is 29.2 Å². The molecule has 2 aromatic rings. The minimum atomic E-state index is -0.404. The van der Waals surface area contributed by atoms with E-state index in [1.807, 2.05) is 0 Å².